The highest BCUT2D eigenvalue weighted by Gasteiger charge is 2.53. The van der Waals surface area contributed by atoms with E-state index in [0.29, 0.717) is 28.4 Å². The number of hydrogen-bond donors (Lipinski definition) is 0. The number of esters is 2. The Hall–Kier alpha value is -3.60. The van der Waals surface area contributed by atoms with E-state index in [9.17, 15) is 9.59 Å². The van der Waals surface area contributed by atoms with E-state index >= 15 is 0 Å². The van der Waals surface area contributed by atoms with Gasteiger partial charge in [-0.1, -0.05) is 51.1 Å². The SMILES string of the molecule is CC(=O)Oc1ccc2c(c1)Oc1cc(C(C)(C)C)ccc1C21OC(=O)c2ccccc21. The Morgan fingerprint density at radius 2 is 1.58 bits per heavy atom. The van der Waals surface area contributed by atoms with Gasteiger partial charge in [0.2, 0.25) is 0 Å². The van der Waals surface area contributed by atoms with Gasteiger partial charge in [-0.15, -0.1) is 0 Å². The molecule has 2 aliphatic rings. The molecular formula is C26H22O5. The van der Waals surface area contributed by atoms with Crippen molar-refractivity contribution in [3.8, 4) is 17.2 Å². The van der Waals surface area contributed by atoms with Gasteiger partial charge in [-0.3, -0.25) is 4.79 Å². The fourth-order valence-corrected chi connectivity index (χ4v) is 4.35. The van der Waals surface area contributed by atoms with Crippen molar-refractivity contribution in [2.75, 3.05) is 0 Å². The summed E-state index contributed by atoms with van der Waals surface area (Å²) in [7, 11) is 0. The highest BCUT2D eigenvalue weighted by Crippen LogP contribution is 2.56. The zero-order chi connectivity index (χ0) is 22.0. The minimum atomic E-state index is -1.12. The first-order valence-corrected chi connectivity index (χ1v) is 10.2. The van der Waals surface area contributed by atoms with Crippen molar-refractivity contribution >= 4 is 11.9 Å². The molecule has 1 spiro atoms. The summed E-state index contributed by atoms with van der Waals surface area (Å²) in [6, 6.07) is 18.6. The molecule has 0 saturated carbocycles. The average molecular weight is 414 g/mol. The maximum Gasteiger partial charge on any atom is 0.340 e. The van der Waals surface area contributed by atoms with Crippen LogP contribution < -0.4 is 9.47 Å². The first-order chi connectivity index (χ1) is 14.7. The lowest BCUT2D eigenvalue weighted by Gasteiger charge is -2.37. The van der Waals surface area contributed by atoms with Gasteiger partial charge in [0.05, 0.1) is 5.56 Å². The predicted molar refractivity (Wildman–Crippen MR) is 115 cm³/mol. The van der Waals surface area contributed by atoms with Crippen LogP contribution in [0.1, 0.15) is 60.3 Å². The molecule has 0 saturated heterocycles. The molecule has 2 heterocycles. The van der Waals surface area contributed by atoms with Gasteiger partial charge in [0, 0.05) is 29.7 Å². The molecule has 0 aliphatic carbocycles. The lowest BCUT2D eigenvalue weighted by Crippen LogP contribution is -2.33. The molecule has 5 rings (SSSR count). The first kappa shape index (κ1) is 19.4. The molecule has 0 aromatic heterocycles. The molecule has 31 heavy (non-hydrogen) atoms. The number of hydrogen-bond acceptors (Lipinski definition) is 5. The molecule has 3 aromatic rings. The number of benzene rings is 3. The third-order valence-corrected chi connectivity index (χ3v) is 5.81. The minimum absolute atomic E-state index is 0.0876. The summed E-state index contributed by atoms with van der Waals surface area (Å²) in [5.41, 5.74) is 2.65. The van der Waals surface area contributed by atoms with Crippen LogP contribution in [0.4, 0.5) is 0 Å². The Bertz CT molecular complexity index is 1250. The van der Waals surface area contributed by atoms with Crippen LogP contribution in [-0.2, 0) is 20.5 Å². The van der Waals surface area contributed by atoms with Crippen LogP contribution in [0, 0.1) is 0 Å². The second-order valence-electron chi connectivity index (χ2n) is 8.93. The third kappa shape index (κ3) is 2.84. The van der Waals surface area contributed by atoms with E-state index in [0.717, 1.165) is 16.7 Å². The Morgan fingerprint density at radius 3 is 2.29 bits per heavy atom. The van der Waals surface area contributed by atoms with E-state index < -0.39 is 11.6 Å². The van der Waals surface area contributed by atoms with Gasteiger partial charge in [-0.25, -0.2) is 4.79 Å². The van der Waals surface area contributed by atoms with Gasteiger partial charge in [0.25, 0.3) is 0 Å². The van der Waals surface area contributed by atoms with Crippen LogP contribution in [0.2, 0.25) is 0 Å². The highest BCUT2D eigenvalue weighted by atomic mass is 16.6. The lowest BCUT2D eigenvalue weighted by atomic mass is 9.76. The Balaban J connectivity index is 1.80. The fourth-order valence-electron chi connectivity index (χ4n) is 4.35. The van der Waals surface area contributed by atoms with Crippen LogP contribution >= 0.6 is 0 Å². The van der Waals surface area contributed by atoms with Crippen molar-refractivity contribution < 1.29 is 23.8 Å². The third-order valence-electron chi connectivity index (χ3n) is 5.81. The standard InChI is InChI=1S/C26H22O5/c1-15(27)29-17-10-12-21-23(14-17)30-22-13-16(25(2,3)4)9-11-20(22)26(21)19-8-6-5-7-18(19)24(28)31-26/h5-14H,1-4H3. The number of carbonyl (C=O) groups is 2. The minimum Gasteiger partial charge on any atom is -0.456 e. The Morgan fingerprint density at radius 1 is 0.903 bits per heavy atom. The van der Waals surface area contributed by atoms with E-state index in [-0.39, 0.29) is 11.4 Å². The maximum absolute atomic E-state index is 12.9. The first-order valence-electron chi connectivity index (χ1n) is 10.2. The summed E-state index contributed by atoms with van der Waals surface area (Å²) in [6.07, 6.45) is 0. The number of rotatable bonds is 1. The largest absolute Gasteiger partial charge is 0.456 e. The van der Waals surface area contributed by atoms with Gasteiger partial charge in [0.1, 0.15) is 17.2 Å². The van der Waals surface area contributed by atoms with Crippen LogP contribution in [0.5, 0.6) is 17.2 Å². The Labute approximate surface area is 180 Å². The number of fused-ring (bicyclic) bond motifs is 6. The van der Waals surface area contributed by atoms with E-state index in [1.807, 2.05) is 30.3 Å². The molecule has 3 aromatic carbocycles. The lowest BCUT2D eigenvalue weighted by molar-refractivity contribution is -0.131. The number of ether oxygens (including phenoxy) is 3. The molecule has 5 nitrogen and oxygen atoms in total. The molecule has 5 heteroatoms. The quantitative estimate of drug-likeness (QED) is 0.390. The molecule has 0 radical (unpaired) electrons. The Kier molecular flexibility index (Phi) is 4.03. The molecular weight excluding hydrogens is 392 g/mol. The van der Waals surface area contributed by atoms with E-state index in [1.165, 1.54) is 6.92 Å². The summed E-state index contributed by atoms with van der Waals surface area (Å²) in [6.45, 7) is 7.74. The monoisotopic (exact) mass is 414 g/mol. The summed E-state index contributed by atoms with van der Waals surface area (Å²) >= 11 is 0. The van der Waals surface area contributed by atoms with Gasteiger partial charge < -0.3 is 14.2 Å². The summed E-state index contributed by atoms with van der Waals surface area (Å²) in [5.74, 6) is 0.678. The van der Waals surface area contributed by atoms with Crippen LogP contribution in [-0.4, -0.2) is 11.9 Å². The van der Waals surface area contributed by atoms with Crippen molar-refractivity contribution in [1.29, 1.82) is 0 Å². The van der Waals surface area contributed by atoms with Crippen LogP contribution in [0.3, 0.4) is 0 Å². The average Bonchev–Trinajstić information content (AvgIpc) is 3.00. The predicted octanol–water partition coefficient (Wildman–Crippen LogP) is 5.48. The number of carbonyl (C=O) groups excluding carboxylic acids is 2. The van der Waals surface area contributed by atoms with Gasteiger partial charge in [0.15, 0.2) is 5.60 Å². The van der Waals surface area contributed by atoms with Gasteiger partial charge >= 0.3 is 11.9 Å². The molecule has 1 unspecified atom stereocenters. The van der Waals surface area contributed by atoms with Gasteiger partial charge in [-0.2, -0.15) is 0 Å². The summed E-state index contributed by atoms with van der Waals surface area (Å²) < 4.78 is 17.7. The summed E-state index contributed by atoms with van der Waals surface area (Å²) in [4.78, 5) is 24.3. The van der Waals surface area contributed by atoms with Crippen molar-refractivity contribution in [2.45, 2.75) is 38.7 Å². The van der Waals surface area contributed by atoms with Crippen LogP contribution in [0.15, 0.2) is 60.7 Å². The molecule has 156 valence electrons. The molecule has 0 amide bonds. The second-order valence-corrected chi connectivity index (χ2v) is 8.93. The highest BCUT2D eigenvalue weighted by molar-refractivity contribution is 5.97. The maximum atomic E-state index is 12.9. The molecule has 1 atom stereocenters. The summed E-state index contributed by atoms with van der Waals surface area (Å²) in [5, 5.41) is 0. The molecule has 0 bridgehead atoms. The van der Waals surface area contributed by atoms with Crippen molar-refractivity contribution in [1.82, 2.24) is 0 Å². The molecule has 0 fully saturated rings. The van der Waals surface area contributed by atoms with Crippen molar-refractivity contribution in [3.05, 3.63) is 88.5 Å². The topological polar surface area (TPSA) is 61.8 Å². The van der Waals surface area contributed by atoms with Crippen molar-refractivity contribution in [2.24, 2.45) is 0 Å². The molecule has 2 aliphatic heterocycles. The molecule has 0 N–H and O–H groups in total. The van der Waals surface area contributed by atoms with Crippen LogP contribution in [0.25, 0.3) is 0 Å². The van der Waals surface area contributed by atoms with E-state index in [2.05, 4.69) is 26.8 Å². The normalized spacial score (nSPS) is 18.5. The second kappa shape index (κ2) is 6.45. The smallest absolute Gasteiger partial charge is 0.340 e. The zero-order valence-electron chi connectivity index (χ0n) is 17.8. The fraction of sp³-hybridized carbons (Fsp3) is 0.231. The van der Waals surface area contributed by atoms with Crippen molar-refractivity contribution in [3.63, 3.8) is 0 Å². The van der Waals surface area contributed by atoms with E-state index in [1.54, 1.807) is 24.3 Å². The van der Waals surface area contributed by atoms with Gasteiger partial charge in [-0.05, 0) is 35.2 Å². The van der Waals surface area contributed by atoms with E-state index in [4.69, 9.17) is 14.2 Å². The zero-order valence-corrected chi connectivity index (χ0v) is 17.8.